The molecular weight excluding hydrogens is 1550 g/mol. The number of fused-ring (bicyclic) bond motifs is 3. The highest BCUT2D eigenvalue weighted by molar-refractivity contribution is 7.98. The van der Waals surface area contributed by atoms with Crippen molar-refractivity contribution in [2.24, 2.45) is 58.3 Å². The molecule has 1 aromatic heterocycles. The fourth-order valence-corrected chi connectivity index (χ4v) is 13.2. The number of carboxylic acids is 1. The number of carboxylic acid groups (broad SMARTS) is 1. The van der Waals surface area contributed by atoms with Crippen LogP contribution in [0.2, 0.25) is 0 Å². The second-order valence-corrected chi connectivity index (χ2v) is 32.4. The molecule has 15 amide bonds. The number of thioether (sulfide) groups is 1. The van der Waals surface area contributed by atoms with Crippen LogP contribution in [-0.4, -0.2) is 222 Å². The molecule has 3 aromatic rings. The molecule has 0 aliphatic carbocycles. The molecule has 118 heavy (non-hydrogen) atoms. The quantitative estimate of drug-likeness (QED) is 0.0303. The number of carbonyl (C=O) groups is 16. The second kappa shape index (κ2) is 52.0. The number of aryl methyl sites for hydroxylation is 1. The van der Waals surface area contributed by atoms with Crippen LogP contribution in [-0.2, 0) is 89.6 Å². The van der Waals surface area contributed by atoms with E-state index >= 15 is 0 Å². The van der Waals surface area contributed by atoms with E-state index in [1.165, 1.54) is 25.6 Å². The third-order valence-corrected chi connectivity index (χ3v) is 20.4. The first-order valence-corrected chi connectivity index (χ1v) is 41.9. The molecule has 0 aliphatic heterocycles. The van der Waals surface area contributed by atoms with Gasteiger partial charge in [-0.3, -0.25) is 76.7 Å². The Morgan fingerprint density at radius 3 is 1.30 bits per heavy atom. The van der Waals surface area contributed by atoms with E-state index in [-0.39, 0.29) is 95.7 Å². The van der Waals surface area contributed by atoms with E-state index < -0.39 is 204 Å². The molecule has 38 heteroatoms. The Labute approximate surface area is 694 Å². The average molecular weight is 1680 g/mol. The van der Waals surface area contributed by atoms with Gasteiger partial charge in [0, 0.05) is 30.2 Å². The van der Waals surface area contributed by atoms with E-state index in [4.69, 9.17) is 33.1 Å². The van der Waals surface area contributed by atoms with E-state index in [0.717, 1.165) is 16.3 Å². The maximum Gasteiger partial charge on any atom is 0.325 e. The van der Waals surface area contributed by atoms with Gasteiger partial charge in [0.2, 0.25) is 88.6 Å². The molecule has 0 bridgehead atoms. The summed E-state index contributed by atoms with van der Waals surface area (Å²) in [5.41, 5.74) is 30.5. The second-order valence-electron chi connectivity index (χ2n) is 31.4. The molecule has 0 fully saturated rings. The lowest BCUT2D eigenvalue weighted by Crippen LogP contribution is -2.61. The van der Waals surface area contributed by atoms with Gasteiger partial charge in [-0.05, 0) is 157 Å². The van der Waals surface area contributed by atoms with E-state index in [0.29, 0.717) is 54.6 Å². The summed E-state index contributed by atoms with van der Waals surface area (Å²) in [5.74, 6) is -14.6. The number of hydrogen-bond donors (Lipinski definition) is 20. The molecule has 3 rings (SSSR count). The van der Waals surface area contributed by atoms with Crippen LogP contribution in [0.15, 0.2) is 40.8 Å². The minimum atomic E-state index is -1.61. The van der Waals surface area contributed by atoms with Gasteiger partial charge >= 0.3 is 5.97 Å². The Kier molecular flexibility index (Phi) is 45.0. The summed E-state index contributed by atoms with van der Waals surface area (Å²) in [6, 6.07) is -5.75. The third-order valence-electron chi connectivity index (χ3n) is 19.8. The van der Waals surface area contributed by atoms with Crippen molar-refractivity contribution in [3.05, 3.63) is 47.5 Å². The number of primary amides is 2. The number of rotatable bonds is 56. The maximum atomic E-state index is 14.4. The van der Waals surface area contributed by atoms with Crippen molar-refractivity contribution < 1.29 is 91.3 Å². The van der Waals surface area contributed by atoms with Gasteiger partial charge in [0.05, 0.1) is 13.0 Å². The molecule has 0 radical (unpaired) electrons. The largest absolute Gasteiger partial charge is 0.480 e. The monoisotopic (exact) mass is 1680 g/mol. The Balaban J connectivity index is 1.78. The Morgan fingerprint density at radius 1 is 0.441 bits per heavy atom. The van der Waals surface area contributed by atoms with Gasteiger partial charge < -0.3 is 112 Å². The average Bonchev–Trinajstić information content (AvgIpc) is 1.62. The van der Waals surface area contributed by atoms with Crippen LogP contribution in [0.4, 0.5) is 0 Å². The fourth-order valence-electron chi connectivity index (χ4n) is 12.7. The van der Waals surface area contributed by atoms with Crippen molar-refractivity contribution in [3.8, 4) is 0 Å². The van der Waals surface area contributed by atoms with E-state index in [1.54, 1.807) is 61.6 Å². The molecule has 660 valence electrons. The standard InChI is InChI=1S/C80H130N18O19S/c1-14-45(10)65(79(114)97-64(44(8)9)78(113)91-54(26-16-18-34-82)72(107)94-58(38-42(4)5)76(111)95-59(39-61(85)101)75(110)88-47(12)80(115)116)98-68(103)46(11)87-62(102)30-27-48-21-19-23-50-51-24-20-22-49(67(51)117-66(48)50)31-35-86-70(105)57(37-41(2)3)93-71(106)53(25-15-17-33-81)89-74(109)56(32-36-118-13)90-73(108)55(28-29-60(84)100)92-77(112)63(43(6)7)96-69(104)52(83)40-99/h19-24,41-47,52-59,63-65,99H,14-18,25-40,81-83H2,1-13H3,(H2,84,100)(H2,85,101)(H,86,105)(H,87,102)(H,88,110)(H,89,109)(H,90,108)(H,91,113)(H,92,112)(H,93,106)(H,94,107)(H,95,111)(H,96,104)(H,97,114)(H,98,103)(H,115,116)/t45-,46-,47-,52-,53-,54-,55-,56-,57-,58-,59-,63-,64-,65-/m0/s1. The smallest absolute Gasteiger partial charge is 0.325 e. The van der Waals surface area contributed by atoms with Crippen LogP contribution >= 0.6 is 11.8 Å². The summed E-state index contributed by atoms with van der Waals surface area (Å²) in [4.78, 5) is 216. The minimum absolute atomic E-state index is 0.0177. The lowest BCUT2D eigenvalue weighted by Gasteiger charge is -2.30. The topological polar surface area (TPSA) is 613 Å². The summed E-state index contributed by atoms with van der Waals surface area (Å²) in [7, 11) is 0. The number of unbranched alkanes of at least 4 members (excludes halogenated alkanes) is 2. The highest BCUT2D eigenvalue weighted by Gasteiger charge is 2.39. The van der Waals surface area contributed by atoms with Crippen molar-refractivity contribution >= 4 is 128 Å². The van der Waals surface area contributed by atoms with Gasteiger partial charge in [0.25, 0.3) is 0 Å². The van der Waals surface area contributed by atoms with Crippen LogP contribution in [0.25, 0.3) is 21.9 Å². The predicted molar refractivity (Wildman–Crippen MR) is 445 cm³/mol. The zero-order valence-corrected chi connectivity index (χ0v) is 71.2. The Morgan fingerprint density at radius 2 is 0.856 bits per heavy atom. The minimum Gasteiger partial charge on any atom is -0.480 e. The van der Waals surface area contributed by atoms with Crippen LogP contribution in [0.5, 0.6) is 0 Å². The third kappa shape index (κ3) is 34.5. The van der Waals surface area contributed by atoms with Gasteiger partial charge in [-0.25, -0.2) is 0 Å². The van der Waals surface area contributed by atoms with Crippen molar-refractivity contribution in [2.75, 3.05) is 38.2 Å². The zero-order chi connectivity index (χ0) is 88.8. The molecule has 14 atom stereocenters. The van der Waals surface area contributed by atoms with Crippen LogP contribution in [0, 0.1) is 29.6 Å². The number of amides is 15. The first kappa shape index (κ1) is 102. The molecule has 37 nitrogen and oxygen atoms in total. The van der Waals surface area contributed by atoms with Gasteiger partial charge in [-0.2, -0.15) is 11.8 Å². The van der Waals surface area contributed by atoms with Gasteiger partial charge in [-0.1, -0.05) is 112 Å². The first-order chi connectivity index (χ1) is 55.6. The lowest BCUT2D eigenvalue weighted by atomic mass is 9.96. The van der Waals surface area contributed by atoms with E-state index in [2.05, 4.69) is 69.1 Å². The van der Waals surface area contributed by atoms with Crippen molar-refractivity contribution in [3.63, 3.8) is 0 Å². The Hall–Kier alpha value is -10.0. The molecule has 1 heterocycles. The van der Waals surface area contributed by atoms with Crippen LogP contribution in [0.1, 0.15) is 184 Å². The summed E-state index contributed by atoms with van der Waals surface area (Å²) in [6.07, 6.45) is 3.27. The van der Waals surface area contributed by atoms with E-state index in [9.17, 15) is 86.9 Å². The number of nitrogens with one attached hydrogen (secondary N) is 13. The predicted octanol–water partition coefficient (Wildman–Crippen LogP) is -0.959. The SMILES string of the molecule is CC[C@H](C)[C@H](NC(=O)[C@H](C)NC(=O)CCc1cccc2c1oc1c(CCNC(=O)[C@H](CC(C)C)NC(=O)[C@H](CCCCN)NC(=O)[C@H](CCSC)NC(=O)[C@H](CCC(N)=O)NC(=O)[C@@H](NC(=O)[C@@H](N)CO)C(C)C)cccc12)C(=O)N[C@H](C(=O)N[C@@H](CCCCN)C(=O)N[C@@H](CC(C)C)C(=O)N[C@@H](CC(N)=O)C(=O)N[C@@H](C)C(=O)O)C(C)C. The number of benzene rings is 2. The van der Waals surface area contributed by atoms with Crippen LogP contribution < -0.4 is 97.8 Å². The number of aliphatic hydroxyl groups excluding tert-OH is 1. The van der Waals surface area contributed by atoms with Crippen molar-refractivity contribution in [1.82, 2.24) is 69.1 Å². The van der Waals surface area contributed by atoms with Crippen molar-refractivity contribution in [2.45, 2.75) is 264 Å². The summed E-state index contributed by atoms with van der Waals surface area (Å²) < 4.78 is 6.57. The molecule has 0 aliphatic rings. The van der Waals surface area contributed by atoms with Crippen molar-refractivity contribution in [1.29, 1.82) is 0 Å². The molecule has 0 saturated heterocycles. The maximum absolute atomic E-state index is 14.4. The fraction of sp³-hybridized carbons (Fsp3) is 0.650. The molecule has 0 unspecified atom stereocenters. The molecule has 0 saturated carbocycles. The van der Waals surface area contributed by atoms with Crippen LogP contribution in [0.3, 0.4) is 0 Å². The lowest BCUT2D eigenvalue weighted by molar-refractivity contribution is -0.142. The van der Waals surface area contributed by atoms with Gasteiger partial charge in [-0.15, -0.1) is 0 Å². The van der Waals surface area contributed by atoms with Gasteiger partial charge in [0.15, 0.2) is 0 Å². The summed E-state index contributed by atoms with van der Waals surface area (Å²) >= 11 is 1.37. The summed E-state index contributed by atoms with van der Waals surface area (Å²) in [5, 5.41) is 54.7. The zero-order valence-electron chi connectivity index (χ0n) is 70.3. The van der Waals surface area contributed by atoms with Gasteiger partial charge in [0.1, 0.15) is 89.7 Å². The number of carbonyl (C=O) groups excluding carboxylic acids is 15. The number of para-hydroxylation sites is 2. The number of aliphatic hydroxyl groups is 1. The normalized spacial score (nSPS) is 15.0. The molecule has 25 N–H and O–H groups in total. The molecule has 0 spiro atoms. The van der Waals surface area contributed by atoms with E-state index in [1.807, 2.05) is 50.2 Å². The Bertz CT molecular complexity index is 3900. The number of hydrogen-bond acceptors (Lipinski definition) is 22. The number of aliphatic carboxylic acids is 1. The highest BCUT2D eigenvalue weighted by atomic mass is 32.2. The highest BCUT2D eigenvalue weighted by Crippen LogP contribution is 2.34. The number of furan rings is 1. The number of nitrogens with two attached hydrogens (primary N) is 5. The molecule has 2 aromatic carbocycles. The first-order valence-electron chi connectivity index (χ1n) is 40.5. The molecular formula is C80H130N18O19S. The summed E-state index contributed by atoms with van der Waals surface area (Å²) in [6.45, 7) is 19.9.